The highest BCUT2D eigenvalue weighted by molar-refractivity contribution is 9.10. The number of rotatable bonds is 2. The average Bonchev–Trinajstić information content (AvgIpc) is 2.55. The number of carbonyl (C=O) groups is 1. The van der Waals surface area contributed by atoms with Crippen molar-refractivity contribution in [1.82, 2.24) is 5.32 Å². The third-order valence-electron chi connectivity index (χ3n) is 4.63. The minimum Gasteiger partial charge on any atom is -0.495 e. The second-order valence-electron chi connectivity index (χ2n) is 6.32. The quantitative estimate of drug-likeness (QED) is 0.749. The van der Waals surface area contributed by atoms with Gasteiger partial charge in [-0.25, -0.2) is 4.79 Å². The number of hydrogen-bond donors (Lipinski definition) is 1. The summed E-state index contributed by atoms with van der Waals surface area (Å²) in [4.78, 5) is 14.4. The van der Waals surface area contributed by atoms with E-state index in [1.807, 2.05) is 25.1 Å². The number of urea groups is 1. The molecule has 1 fully saturated rings. The molecule has 0 radical (unpaired) electrons. The molecule has 4 rings (SSSR count). The van der Waals surface area contributed by atoms with E-state index in [1.54, 1.807) is 30.2 Å². The lowest BCUT2D eigenvalue weighted by Gasteiger charge is -2.50. The predicted octanol–water partition coefficient (Wildman–Crippen LogP) is 4.88. The average molecular weight is 424 g/mol. The summed E-state index contributed by atoms with van der Waals surface area (Å²) in [6.07, 6.45) is 0.631. The van der Waals surface area contributed by atoms with Crippen LogP contribution in [-0.2, 0) is 0 Å². The molecule has 25 heavy (non-hydrogen) atoms. The third-order valence-corrected chi connectivity index (χ3v) is 5.42. The number of fused-ring (bicyclic) bond motifs is 4. The summed E-state index contributed by atoms with van der Waals surface area (Å²) in [5.74, 6) is 1.33. The van der Waals surface area contributed by atoms with Crippen molar-refractivity contribution in [2.45, 2.75) is 25.1 Å². The molecule has 0 spiro atoms. The Bertz CT molecular complexity index is 875. The van der Waals surface area contributed by atoms with Crippen molar-refractivity contribution < 1.29 is 14.3 Å². The highest BCUT2D eigenvalue weighted by Gasteiger charge is 2.49. The molecule has 2 aliphatic rings. The van der Waals surface area contributed by atoms with E-state index in [4.69, 9.17) is 21.1 Å². The number of benzene rings is 2. The van der Waals surface area contributed by atoms with Crippen LogP contribution in [0.3, 0.4) is 0 Å². The molecule has 7 heteroatoms. The molecule has 0 unspecified atom stereocenters. The maximum atomic E-state index is 12.8. The molecule has 2 aromatic carbocycles. The Balaban J connectivity index is 1.78. The van der Waals surface area contributed by atoms with Gasteiger partial charge in [0.15, 0.2) is 5.72 Å². The third kappa shape index (κ3) is 2.64. The number of hydrogen-bond acceptors (Lipinski definition) is 3. The van der Waals surface area contributed by atoms with E-state index in [9.17, 15) is 4.79 Å². The molecule has 2 amide bonds. The fraction of sp³-hybridized carbons (Fsp3) is 0.278. The summed E-state index contributed by atoms with van der Waals surface area (Å²) in [5.41, 5.74) is 0.837. The van der Waals surface area contributed by atoms with Crippen LogP contribution in [0.2, 0.25) is 5.02 Å². The molecule has 2 aliphatic heterocycles. The number of methoxy groups -OCH3 is 1. The number of nitrogens with zero attached hydrogens (tertiary/aromatic N) is 1. The van der Waals surface area contributed by atoms with Gasteiger partial charge in [-0.15, -0.1) is 0 Å². The lowest BCUT2D eigenvalue weighted by Crippen LogP contribution is -2.65. The summed E-state index contributed by atoms with van der Waals surface area (Å²) in [6.45, 7) is 1.92. The van der Waals surface area contributed by atoms with Crippen LogP contribution in [0.5, 0.6) is 11.5 Å². The highest BCUT2D eigenvalue weighted by atomic mass is 79.9. The normalized spacial score (nSPS) is 24.2. The van der Waals surface area contributed by atoms with E-state index in [2.05, 4.69) is 21.2 Å². The van der Waals surface area contributed by atoms with E-state index < -0.39 is 5.72 Å². The highest BCUT2D eigenvalue weighted by Crippen LogP contribution is 2.46. The molecule has 0 saturated carbocycles. The van der Waals surface area contributed by atoms with Gasteiger partial charge in [-0.1, -0.05) is 27.5 Å². The number of anilines is 1. The van der Waals surface area contributed by atoms with Gasteiger partial charge in [0, 0.05) is 16.5 Å². The van der Waals surface area contributed by atoms with Crippen molar-refractivity contribution in [3.8, 4) is 11.5 Å². The molecule has 2 heterocycles. The Hall–Kier alpha value is -1.92. The molecule has 2 aromatic rings. The van der Waals surface area contributed by atoms with Crippen molar-refractivity contribution in [3.63, 3.8) is 0 Å². The van der Waals surface area contributed by atoms with Gasteiger partial charge in [0.1, 0.15) is 11.5 Å². The zero-order chi connectivity index (χ0) is 17.8. The van der Waals surface area contributed by atoms with Gasteiger partial charge in [0.05, 0.1) is 23.9 Å². The number of halogens is 2. The minimum atomic E-state index is -0.800. The summed E-state index contributed by atoms with van der Waals surface area (Å²) in [7, 11) is 1.56. The molecular weight excluding hydrogens is 408 g/mol. The van der Waals surface area contributed by atoms with Crippen LogP contribution >= 0.6 is 27.5 Å². The second-order valence-corrected chi connectivity index (χ2v) is 7.64. The van der Waals surface area contributed by atoms with E-state index in [1.165, 1.54) is 0 Å². The van der Waals surface area contributed by atoms with Crippen LogP contribution in [0.25, 0.3) is 0 Å². The Labute approximate surface area is 159 Å². The van der Waals surface area contributed by atoms with Gasteiger partial charge in [0.2, 0.25) is 0 Å². The maximum absolute atomic E-state index is 12.8. The van der Waals surface area contributed by atoms with Crippen LogP contribution in [-0.4, -0.2) is 18.9 Å². The number of ether oxygens (including phenoxy) is 2. The SMILES string of the molecule is COc1ccc(N2C(=O)N[C@H]3C[C@@]2(C)Oc2ccc(Br)cc23)cc1Cl. The maximum Gasteiger partial charge on any atom is 0.325 e. The molecule has 1 saturated heterocycles. The van der Waals surface area contributed by atoms with E-state index >= 15 is 0 Å². The largest absolute Gasteiger partial charge is 0.495 e. The number of amides is 2. The lowest BCUT2D eigenvalue weighted by molar-refractivity contribution is 0.0378. The zero-order valence-corrected chi connectivity index (χ0v) is 16.0. The van der Waals surface area contributed by atoms with Crippen molar-refractivity contribution in [2.24, 2.45) is 0 Å². The first-order valence-corrected chi connectivity index (χ1v) is 9.01. The van der Waals surface area contributed by atoms with E-state index in [0.29, 0.717) is 22.9 Å². The van der Waals surface area contributed by atoms with Gasteiger partial charge in [0.25, 0.3) is 0 Å². The number of nitrogens with one attached hydrogen (secondary N) is 1. The topological polar surface area (TPSA) is 50.8 Å². The molecule has 0 aromatic heterocycles. The van der Waals surface area contributed by atoms with Crippen molar-refractivity contribution in [1.29, 1.82) is 0 Å². The van der Waals surface area contributed by atoms with Crippen LogP contribution in [0.1, 0.15) is 24.9 Å². The fourth-order valence-electron chi connectivity index (χ4n) is 3.53. The monoisotopic (exact) mass is 422 g/mol. The predicted molar refractivity (Wildman–Crippen MR) is 99.5 cm³/mol. The first kappa shape index (κ1) is 16.5. The van der Waals surface area contributed by atoms with Gasteiger partial charge < -0.3 is 14.8 Å². The van der Waals surface area contributed by atoms with E-state index in [-0.39, 0.29) is 12.1 Å². The van der Waals surface area contributed by atoms with Gasteiger partial charge in [-0.2, -0.15) is 0 Å². The molecule has 0 aliphatic carbocycles. The van der Waals surface area contributed by atoms with Crippen LogP contribution < -0.4 is 19.7 Å². The first-order chi connectivity index (χ1) is 11.9. The second kappa shape index (κ2) is 5.81. The van der Waals surface area contributed by atoms with Gasteiger partial charge >= 0.3 is 6.03 Å². The Kier molecular flexibility index (Phi) is 3.85. The lowest BCUT2D eigenvalue weighted by atomic mass is 9.90. The molecule has 1 N–H and O–H groups in total. The molecule has 2 atom stereocenters. The Morgan fingerprint density at radius 2 is 2.16 bits per heavy atom. The summed E-state index contributed by atoms with van der Waals surface area (Å²) < 4.78 is 12.4. The number of carbonyl (C=O) groups excluding carboxylic acids is 1. The standard InChI is InChI=1S/C18H16BrClN2O3/c1-18-9-14(12-7-10(19)3-5-15(12)25-18)21-17(23)22(18)11-4-6-16(24-2)13(20)8-11/h3-8,14H,9H2,1-2H3,(H,21,23)/t14-,18+/m0/s1. The van der Waals surface area contributed by atoms with Crippen LogP contribution in [0.4, 0.5) is 10.5 Å². The minimum absolute atomic E-state index is 0.0938. The molecular formula is C18H16BrClN2O3. The van der Waals surface area contributed by atoms with Crippen molar-refractivity contribution in [3.05, 3.63) is 51.5 Å². The summed E-state index contributed by atoms with van der Waals surface area (Å²) in [5, 5.41) is 3.51. The van der Waals surface area contributed by atoms with Gasteiger partial charge in [-0.05, 0) is 43.3 Å². The van der Waals surface area contributed by atoms with Crippen LogP contribution in [0, 0.1) is 0 Å². The summed E-state index contributed by atoms with van der Waals surface area (Å²) >= 11 is 9.72. The zero-order valence-electron chi connectivity index (χ0n) is 13.7. The van der Waals surface area contributed by atoms with Gasteiger partial charge in [-0.3, -0.25) is 4.90 Å². The van der Waals surface area contributed by atoms with Crippen LogP contribution in [0.15, 0.2) is 40.9 Å². The Morgan fingerprint density at radius 3 is 2.88 bits per heavy atom. The smallest absolute Gasteiger partial charge is 0.325 e. The van der Waals surface area contributed by atoms with E-state index in [0.717, 1.165) is 15.8 Å². The van der Waals surface area contributed by atoms with Crippen molar-refractivity contribution in [2.75, 3.05) is 12.0 Å². The fourth-order valence-corrected chi connectivity index (χ4v) is 4.16. The molecule has 130 valence electrons. The van der Waals surface area contributed by atoms with Crippen molar-refractivity contribution >= 4 is 39.2 Å². The molecule has 5 nitrogen and oxygen atoms in total. The Morgan fingerprint density at radius 1 is 1.36 bits per heavy atom. The first-order valence-electron chi connectivity index (χ1n) is 7.84. The molecule has 2 bridgehead atoms. The summed E-state index contributed by atoms with van der Waals surface area (Å²) in [6, 6.07) is 10.8.